The van der Waals surface area contributed by atoms with Gasteiger partial charge in [-0.15, -0.1) is 0 Å². The van der Waals surface area contributed by atoms with Crippen LogP contribution in [-0.4, -0.2) is 18.6 Å². The van der Waals surface area contributed by atoms with Gasteiger partial charge in [0, 0.05) is 0 Å². The molecule has 1 amide bonds. The standard InChI is InChI=1S/C12H16F2N2O2/c1-7(2)10(15)11(17)16-8-5-3-4-6-9(8)18-12(13)14/h3-7,10,12H,15H2,1-2H3,(H,16,17)/t10-/m0/s1. The molecular formula is C12H16F2N2O2. The molecule has 0 heterocycles. The second-order valence-electron chi connectivity index (χ2n) is 4.13. The Hall–Kier alpha value is -1.69. The number of ether oxygens (including phenoxy) is 1. The highest BCUT2D eigenvalue weighted by Gasteiger charge is 2.19. The number of hydrogen-bond donors (Lipinski definition) is 2. The molecule has 4 nitrogen and oxygen atoms in total. The molecule has 0 aliphatic heterocycles. The number of para-hydroxylation sites is 2. The van der Waals surface area contributed by atoms with E-state index in [0.29, 0.717) is 0 Å². The lowest BCUT2D eigenvalue weighted by Crippen LogP contribution is -2.39. The summed E-state index contributed by atoms with van der Waals surface area (Å²) in [6.45, 7) is 0.652. The topological polar surface area (TPSA) is 64.4 Å². The molecule has 0 bridgehead atoms. The maximum Gasteiger partial charge on any atom is 0.387 e. The largest absolute Gasteiger partial charge is 0.433 e. The highest BCUT2D eigenvalue weighted by Crippen LogP contribution is 2.25. The van der Waals surface area contributed by atoms with Gasteiger partial charge in [0.25, 0.3) is 0 Å². The van der Waals surface area contributed by atoms with Gasteiger partial charge in [0.05, 0.1) is 11.7 Å². The average Bonchev–Trinajstić information content (AvgIpc) is 2.29. The van der Waals surface area contributed by atoms with Crippen LogP contribution in [0.15, 0.2) is 24.3 Å². The molecular weight excluding hydrogens is 242 g/mol. The third kappa shape index (κ3) is 3.96. The fourth-order valence-corrected chi connectivity index (χ4v) is 1.29. The number of benzene rings is 1. The van der Waals surface area contributed by atoms with E-state index >= 15 is 0 Å². The van der Waals surface area contributed by atoms with E-state index in [0.717, 1.165) is 0 Å². The molecule has 0 saturated heterocycles. The van der Waals surface area contributed by atoms with Gasteiger partial charge in [-0.25, -0.2) is 0 Å². The zero-order chi connectivity index (χ0) is 13.7. The predicted octanol–water partition coefficient (Wildman–Crippen LogP) is 2.21. The van der Waals surface area contributed by atoms with Gasteiger partial charge < -0.3 is 15.8 Å². The normalized spacial score (nSPS) is 12.6. The molecule has 100 valence electrons. The van der Waals surface area contributed by atoms with Crippen LogP contribution in [0.4, 0.5) is 14.5 Å². The van der Waals surface area contributed by atoms with E-state index in [1.807, 2.05) is 0 Å². The Labute approximate surface area is 104 Å². The number of nitrogens with one attached hydrogen (secondary N) is 1. The van der Waals surface area contributed by atoms with Gasteiger partial charge in [0.2, 0.25) is 5.91 Å². The Morgan fingerprint density at radius 3 is 2.50 bits per heavy atom. The SMILES string of the molecule is CC(C)[C@H](N)C(=O)Nc1ccccc1OC(F)F. The quantitative estimate of drug-likeness (QED) is 0.851. The summed E-state index contributed by atoms with van der Waals surface area (Å²) in [4.78, 5) is 11.7. The fourth-order valence-electron chi connectivity index (χ4n) is 1.29. The van der Waals surface area contributed by atoms with Crippen molar-refractivity contribution in [1.29, 1.82) is 0 Å². The summed E-state index contributed by atoms with van der Waals surface area (Å²) < 4.78 is 28.6. The number of halogens is 2. The number of amides is 1. The van der Waals surface area contributed by atoms with Gasteiger partial charge in [-0.1, -0.05) is 26.0 Å². The zero-order valence-corrected chi connectivity index (χ0v) is 10.2. The second-order valence-corrected chi connectivity index (χ2v) is 4.13. The van der Waals surface area contributed by atoms with Crippen LogP contribution in [0.3, 0.4) is 0 Å². The molecule has 0 radical (unpaired) electrons. The van der Waals surface area contributed by atoms with Gasteiger partial charge >= 0.3 is 6.61 Å². The fraction of sp³-hybridized carbons (Fsp3) is 0.417. The van der Waals surface area contributed by atoms with Crippen molar-refractivity contribution in [3.05, 3.63) is 24.3 Å². The first-order valence-electron chi connectivity index (χ1n) is 5.52. The molecule has 0 unspecified atom stereocenters. The molecule has 0 fully saturated rings. The molecule has 0 aliphatic carbocycles. The smallest absolute Gasteiger partial charge is 0.387 e. The van der Waals surface area contributed by atoms with Gasteiger partial charge in [0.1, 0.15) is 5.75 Å². The maximum atomic E-state index is 12.2. The highest BCUT2D eigenvalue weighted by molar-refractivity contribution is 5.96. The van der Waals surface area contributed by atoms with Gasteiger partial charge in [0.15, 0.2) is 0 Å². The predicted molar refractivity (Wildman–Crippen MR) is 64.5 cm³/mol. The van der Waals surface area contributed by atoms with Crippen LogP contribution in [0.1, 0.15) is 13.8 Å². The van der Waals surface area contributed by atoms with Crippen LogP contribution >= 0.6 is 0 Å². The lowest BCUT2D eigenvalue weighted by Gasteiger charge is -2.17. The molecule has 3 N–H and O–H groups in total. The minimum absolute atomic E-state index is 0.0480. The zero-order valence-electron chi connectivity index (χ0n) is 10.2. The van der Waals surface area contributed by atoms with E-state index in [4.69, 9.17) is 5.73 Å². The van der Waals surface area contributed by atoms with Crippen molar-refractivity contribution in [1.82, 2.24) is 0 Å². The first-order valence-corrected chi connectivity index (χ1v) is 5.52. The molecule has 0 saturated carbocycles. The molecule has 1 aromatic carbocycles. The van der Waals surface area contributed by atoms with Gasteiger partial charge in [-0.3, -0.25) is 4.79 Å². The van der Waals surface area contributed by atoms with Crippen molar-refractivity contribution in [3.8, 4) is 5.75 Å². The lowest BCUT2D eigenvalue weighted by molar-refractivity contribution is -0.118. The molecule has 0 aliphatic rings. The van der Waals surface area contributed by atoms with Crippen LogP contribution in [-0.2, 0) is 4.79 Å². The number of alkyl halides is 2. The van der Waals surface area contributed by atoms with Crippen molar-refractivity contribution in [3.63, 3.8) is 0 Å². The molecule has 1 aromatic rings. The van der Waals surface area contributed by atoms with Crippen LogP contribution in [0.25, 0.3) is 0 Å². The highest BCUT2D eigenvalue weighted by atomic mass is 19.3. The van der Waals surface area contributed by atoms with Crippen molar-refractivity contribution in [2.75, 3.05) is 5.32 Å². The van der Waals surface area contributed by atoms with E-state index in [9.17, 15) is 13.6 Å². The Bertz CT molecular complexity index is 411. The summed E-state index contributed by atoms with van der Waals surface area (Å²) in [5.41, 5.74) is 5.84. The van der Waals surface area contributed by atoms with Crippen molar-refractivity contribution < 1.29 is 18.3 Å². The third-order valence-electron chi connectivity index (χ3n) is 2.38. The van der Waals surface area contributed by atoms with Crippen molar-refractivity contribution in [2.24, 2.45) is 11.7 Å². The van der Waals surface area contributed by atoms with E-state index < -0.39 is 18.6 Å². The maximum absolute atomic E-state index is 12.2. The van der Waals surface area contributed by atoms with Gasteiger partial charge in [-0.05, 0) is 18.1 Å². The third-order valence-corrected chi connectivity index (χ3v) is 2.38. The lowest BCUT2D eigenvalue weighted by atomic mass is 10.0. The average molecular weight is 258 g/mol. The number of rotatable bonds is 5. The first-order chi connectivity index (χ1) is 8.41. The number of nitrogens with two attached hydrogens (primary N) is 1. The minimum Gasteiger partial charge on any atom is -0.433 e. The van der Waals surface area contributed by atoms with E-state index in [1.165, 1.54) is 18.2 Å². The summed E-state index contributed by atoms with van der Waals surface area (Å²) >= 11 is 0. The summed E-state index contributed by atoms with van der Waals surface area (Å²) in [6.07, 6.45) is 0. The summed E-state index contributed by atoms with van der Waals surface area (Å²) in [5, 5.41) is 2.47. The number of carbonyl (C=O) groups excluding carboxylic acids is 1. The van der Waals surface area contributed by atoms with E-state index in [2.05, 4.69) is 10.1 Å². The molecule has 1 rings (SSSR count). The Balaban J connectivity index is 2.81. The van der Waals surface area contributed by atoms with Crippen molar-refractivity contribution >= 4 is 11.6 Å². The van der Waals surface area contributed by atoms with E-state index in [-0.39, 0.29) is 17.4 Å². The Kier molecular flexibility index (Phi) is 5.03. The summed E-state index contributed by atoms with van der Waals surface area (Å²) in [7, 11) is 0. The number of anilines is 1. The Morgan fingerprint density at radius 2 is 1.94 bits per heavy atom. The van der Waals surface area contributed by atoms with Crippen LogP contribution in [0.2, 0.25) is 0 Å². The monoisotopic (exact) mass is 258 g/mol. The first kappa shape index (κ1) is 14.4. The molecule has 6 heteroatoms. The van der Waals surface area contributed by atoms with Crippen LogP contribution in [0, 0.1) is 5.92 Å². The van der Waals surface area contributed by atoms with Crippen LogP contribution < -0.4 is 15.8 Å². The van der Waals surface area contributed by atoms with Crippen LogP contribution in [0.5, 0.6) is 5.75 Å². The summed E-state index contributed by atoms with van der Waals surface area (Å²) in [6, 6.07) is 5.26. The molecule has 0 spiro atoms. The minimum atomic E-state index is -2.94. The van der Waals surface area contributed by atoms with Gasteiger partial charge in [-0.2, -0.15) is 8.78 Å². The molecule has 18 heavy (non-hydrogen) atoms. The second kappa shape index (κ2) is 6.30. The Morgan fingerprint density at radius 1 is 1.33 bits per heavy atom. The van der Waals surface area contributed by atoms with Crippen molar-refractivity contribution in [2.45, 2.75) is 26.5 Å². The molecule has 1 atom stereocenters. The molecule has 0 aromatic heterocycles. The number of carbonyl (C=O) groups is 1. The van der Waals surface area contributed by atoms with E-state index in [1.54, 1.807) is 19.9 Å². The summed E-state index contributed by atoms with van der Waals surface area (Å²) in [5.74, 6) is -0.569. The number of hydrogen-bond acceptors (Lipinski definition) is 3.